The first-order chi connectivity index (χ1) is 20.8. The molecule has 0 amide bonds. The molecule has 4 atom stereocenters. The lowest BCUT2D eigenvalue weighted by molar-refractivity contribution is -0.156. The van der Waals surface area contributed by atoms with Crippen LogP contribution in [0.5, 0.6) is 0 Å². The highest BCUT2D eigenvalue weighted by atomic mass is 35.5. The average molecular weight is 604 g/mol. The number of hydrogen-bond acceptors (Lipinski definition) is 4. The van der Waals surface area contributed by atoms with Crippen molar-refractivity contribution in [2.75, 3.05) is 13.2 Å². The van der Waals surface area contributed by atoms with Crippen molar-refractivity contribution in [1.29, 1.82) is 0 Å². The van der Waals surface area contributed by atoms with E-state index in [9.17, 15) is 19.8 Å². The van der Waals surface area contributed by atoms with Crippen molar-refractivity contribution < 1.29 is 24.5 Å². The lowest BCUT2D eigenvalue weighted by Crippen LogP contribution is -2.55. The van der Waals surface area contributed by atoms with E-state index in [0.29, 0.717) is 29.3 Å². The zero-order valence-corrected chi connectivity index (χ0v) is 25.7. The molecule has 0 saturated carbocycles. The van der Waals surface area contributed by atoms with Gasteiger partial charge in [0, 0.05) is 23.5 Å². The minimum absolute atomic E-state index is 0.0524. The van der Waals surface area contributed by atoms with Crippen molar-refractivity contribution in [2.45, 2.75) is 70.3 Å². The summed E-state index contributed by atoms with van der Waals surface area (Å²) in [4.78, 5) is 31.4. The first-order valence-electron chi connectivity index (χ1n) is 15.3. The van der Waals surface area contributed by atoms with Crippen LogP contribution in [0.2, 0.25) is 5.02 Å². The van der Waals surface area contributed by atoms with Crippen LogP contribution in [0.4, 0.5) is 0 Å². The molecule has 0 bridgehead atoms. The number of ether oxygens (including phenoxy) is 1. The molecule has 4 rings (SSSR count). The SMILES string of the molecule is CCCCCCOCC1=NC(C)C(CCC(c2ccccc2)c2ccccc2)(C(=O)O)C(c2cccc(Cl)c2)C1C(=O)O. The molecule has 1 heterocycles. The molecule has 3 aromatic rings. The van der Waals surface area contributed by atoms with E-state index < -0.39 is 35.2 Å². The van der Waals surface area contributed by atoms with Gasteiger partial charge in [-0.1, -0.05) is 111 Å². The Hall–Kier alpha value is -3.48. The molecule has 4 unspecified atom stereocenters. The Kier molecular flexibility index (Phi) is 11.5. The molecular formula is C36H42ClNO5. The summed E-state index contributed by atoms with van der Waals surface area (Å²) in [5.41, 5.74) is 1.61. The zero-order valence-electron chi connectivity index (χ0n) is 25.0. The number of hydrogen-bond donors (Lipinski definition) is 2. The quantitative estimate of drug-likeness (QED) is 0.171. The zero-order chi connectivity index (χ0) is 30.8. The molecule has 2 N–H and O–H groups in total. The van der Waals surface area contributed by atoms with Crippen LogP contribution in [-0.4, -0.2) is 47.1 Å². The topological polar surface area (TPSA) is 96.2 Å². The van der Waals surface area contributed by atoms with Gasteiger partial charge in [0.2, 0.25) is 0 Å². The van der Waals surface area contributed by atoms with Crippen LogP contribution in [0.25, 0.3) is 0 Å². The Balaban J connectivity index is 1.77. The fraction of sp³-hybridized carbons (Fsp3) is 0.417. The minimum atomic E-state index is -1.50. The summed E-state index contributed by atoms with van der Waals surface area (Å²) in [5, 5.41) is 22.2. The Morgan fingerprint density at radius 2 is 1.58 bits per heavy atom. The van der Waals surface area contributed by atoms with Gasteiger partial charge < -0.3 is 14.9 Å². The highest BCUT2D eigenvalue weighted by Gasteiger charge is 2.58. The molecule has 0 aliphatic carbocycles. The number of benzene rings is 3. The first kappa shape index (κ1) is 32.4. The van der Waals surface area contributed by atoms with Crippen molar-refractivity contribution in [3.8, 4) is 0 Å². The number of nitrogens with zero attached hydrogens (tertiary/aromatic N) is 1. The van der Waals surface area contributed by atoms with Crippen molar-refractivity contribution in [3.05, 3.63) is 107 Å². The second-order valence-electron chi connectivity index (χ2n) is 11.5. The number of carboxylic acid groups (broad SMARTS) is 2. The van der Waals surface area contributed by atoms with Gasteiger partial charge in [-0.25, -0.2) is 0 Å². The second kappa shape index (κ2) is 15.3. The van der Waals surface area contributed by atoms with Gasteiger partial charge in [0.1, 0.15) is 5.92 Å². The van der Waals surface area contributed by atoms with Crippen LogP contribution in [0.3, 0.4) is 0 Å². The molecule has 7 heteroatoms. The predicted octanol–water partition coefficient (Wildman–Crippen LogP) is 8.25. The lowest BCUT2D eigenvalue weighted by Gasteiger charge is -2.47. The number of aliphatic carboxylic acids is 2. The van der Waals surface area contributed by atoms with E-state index in [1.807, 2.05) is 36.4 Å². The van der Waals surface area contributed by atoms with E-state index in [2.05, 4.69) is 31.2 Å². The van der Waals surface area contributed by atoms with Gasteiger partial charge in [-0.05, 0) is 55.0 Å². The average Bonchev–Trinajstić information content (AvgIpc) is 3.00. The maximum Gasteiger partial charge on any atom is 0.312 e. The summed E-state index contributed by atoms with van der Waals surface area (Å²) in [6.45, 7) is 4.49. The van der Waals surface area contributed by atoms with Crippen molar-refractivity contribution in [3.63, 3.8) is 0 Å². The molecule has 3 aromatic carbocycles. The third-order valence-corrected chi connectivity index (χ3v) is 9.10. The van der Waals surface area contributed by atoms with E-state index in [1.54, 1.807) is 31.2 Å². The van der Waals surface area contributed by atoms with Gasteiger partial charge >= 0.3 is 11.9 Å². The first-order valence-corrected chi connectivity index (χ1v) is 15.6. The summed E-state index contributed by atoms with van der Waals surface area (Å²) in [5.74, 6) is -4.32. The number of rotatable bonds is 15. The van der Waals surface area contributed by atoms with Crippen LogP contribution in [0, 0.1) is 11.3 Å². The van der Waals surface area contributed by atoms with Crippen molar-refractivity contribution in [1.82, 2.24) is 0 Å². The number of carboxylic acids is 2. The van der Waals surface area contributed by atoms with Crippen LogP contribution in [-0.2, 0) is 14.3 Å². The highest BCUT2D eigenvalue weighted by molar-refractivity contribution is 6.30. The number of aliphatic imine (C=N–C) groups is 1. The Labute approximate surface area is 259 Å². The fourth-order valence-electron chi connectivity index (χ4n) is 6.67. The van der Waals surface area contributed by atoms with Crippen LogP contribution in [0.1, 0.15) is 80.9 Å². The van der Waals surface area contributed by atoms with Crippen LogP contribution >= 0.6 is 11.6 Å². The number of halogens is 1. The minimum Gasteiger partial charge on any atom is -0.481 e. The Morgan fingerprint density at radius 1 is 0.930 bits per heavy atom. The molecule has 1 aliphatic heterocycles. The molecular weight excluding hydrogens is 562 g/mol. The molecule has 0 fully saturated rings. The molecule has 43 heavy (non-hydrogen) atoms. The molecule has 0 saturated heterocycles. The third kappa shape index (κ3) is 7.54. The maximum absolute atomic E-state index is 13.6. The van der Waals surface area contributed by atoms with E-state index >= 15 is 0 Å². The molecule has 0 radical (unpaired) electrons. The smallest absolute Gasteiger partial charge is 0.312 e. The van der Waals surface area contributed by atoms with E-state index in [1.165, 1.54) is 0 Å². The lowest BCUT2D eigenvalue weighted by atomic mass is 9.57. The molecule has 1 aliphatic rings. The van der Waals surface area contributed by atoms with Gasteiger partial charge in [-0.3, -0.25) is 14.6 Å². The second-order valence-corrected chi connectivity index (χ2v) is 12.0. The van der Waals surface area contributed by atoms with Crippen LogP contribution in [0.15, 0.2) is 89.9 Å². The van der Waals surface area contributed by atoms with E-state index in [-0.39, 0.29) is 18.9 Å². The fourth-order valence-corrected chi connectivity index (χ4v) is 6.86. The van der Waals surface area contributed by atoms with Gasteiger partial charge in [0.25, 0.3) is 0 Å². The van der Waals surface area contributed by atoms with E-state index in [0.717, 1.165) is 36.8 Å². The highest BCUT2D eigenvalue weighted by Crippen LogP contribution is 2.53. The summed E-state index contributed by atoms with van der Waals surface area (Å²) in [6.07, 6.45) is 4.86. The molecule has 6 nitrogen and oxygen atoms in total. The summed E-state index contributed by atoms with van der Waals surface area (Å²) >= 11 is 6.42. The third-order valence-electron chi connectivity index (χ3n) is 8.87. The summed E-state index contributed by atoms with van der Waals surface area (Å²) in [6, 6.07) is 26.3. The van der Waals surface area contributed by atoms with Crippen molar-refractivity contribution in [2.24, 2.45) is 16.3 Å². The van der Waals surface area contributed by atoms with Gasteiger partial charge in [-0.2, -0.15) is 0 Å². The van der Waals surface area contributed by atoms with Crippen LogP contribution < -0.4 is 0 Å². The van der Waals surface area contributed by atoms with Gasteiger partial charge in [-0.15, -0.1) is 0 Å². The molecule has 228 valence electrons. The molecule has 0 spiro atoms. The summed E-state index contributed by atoms with van der Waals surface area (Å²) < 4.78 is 5.93. The number of unbranched alkanes of at least 4 members (excludes halogenated alkanes) is 3. The van der Waals surface area contributed by atoms with Gasteiger partial charge in [0.05, 0.1) is 23.8 Å². The number of carbonyl (C=O) groups is 2. The predicted molar refractivity (Wildman–Crippen MR) is 171 cm³/mol. The largest absolute Gasteiger partial charge is 0.481 e. The Bertz CT molecular complexity index is 1340. The monoisotopic (exact) mass is 603 g/mol. The maximum atomic E-state index is 13.6. The van der Waals surface area contributed by atoms with E-state index in [4.69, 9.17) is 21.3 Å². The standard InChI is InChI=1S/C36H42ClNO5/c1-3-4-5-12-22-43-24-31-32(34(39)40)33(28-18-13-19-29(37)23-28)36(35(41)42,25(2)38-31)21-20-30(26-14-8-6-9-15-26)27-16-10-7-11-17-27/h6-11,13-19,23,25,30,32-33H,3-5,12,20-22,24H2,1-2H3,(H,39,40)(H,41,42). The summed E-state index contributed by atoms with van der Waals surface area (Å²) in [7, 11) is 0. The van der Waals surface area contributed by atoms with Gasteiger partial charge in [0.15, 0.2) is 0 Å². The Morgan fingerprint density at radius 3 is 2.14 bits per heavy atom. The normalized spacial score (nSPS) is 21.9. The molecule has 0 aromatic heterocycles. The van der Waals surface area contributed by atoms with Crippen molar-refractivity contribution >= 4 is 29.3 Å².